The molecule has 1 aromatic carbocycles. The summed E-state index contributed by atoms with van der Waals surface area (Å²) in [6.45, 7) is 10.6. The molecular weight excluding hydrogens is 277 g/mol. The molecule has 1 saturated heterocycles. The van der Waals surface area contributed by atoms with Crippen molar-refractivity contribution in [2.75, 3.05) is 31.1 Å². The molecule has 5 heteroatoms. The van der Waals surface area contributed by atoms with Crippen molar-refractivity contribution >= 4 is 5.69 Å². The summed E-state index contributed by atoms with van der Waals surface area (Å²) in [7, 11) is 0. The van der Waals surface area contributed by atoms with Gasteiger partial charge in [0.1, 0.15) is 0 Å². The van der Waals surface area contributed by atoms with E-state index >= 15 is 0 Å². The largest absolute Gasteiger partial charge is 0.366 e. The number of nitrogens with zero attached hydrogens (tertiary/aromatic N) is 2. The van der Waals surface area contributed by atoms with Gasteiger partial charge in [-0.1, -0.05) is 6.92 Å². The van der Waals surface area contributed by atoms with E-state index < -0.39 is 17.5 Å². The van der Waals surface area contributed by atoms with Crippen molar-refractivity contribution in [1.29, 1.82) is 0 Å². The number of halogens is 3. The van der Waals surface area contributed by atoms with Gasteiger partial charge in [-0.3, -0.25) is 4.90 Å². The molecule has 1 heterocycles. The van der Waals surface area contributed by atoms with E-state index in [4.69, 9.17) is 0 Å². The van der Waals surface area contributed by atoms with Gasteiger partial charge in [-0.15, -0.1) is 0 Å². The molecule has 0 bridgehead atoms. The second kappa shape index (κ2) is 5.87. The van der Waals surface area contributed by atoms with Crippen molar-refractivity contribution < 1.29 is 13.2 Å². The van der Waals surface area contributed by atoms with Gasteiger partial charge in [0.15, 0.2) is 17.5 Å². The average Bonchev–Trinajstić information content (AvgIpc) is 2.42. The molecule has 0 unspecified atom stereocenters. The van der Waals surface area contributed by atoms with Crippen molar-refractivity contribution in [3.63, 3.8) is 0 Å². The van der Waals surface area contributed by atoms with Crippen LogP contribution in [0.3, 0.4) is 0 Å². The number of benzene rings is 1. The zero-order chi connectivity index (χ0) is 15.8. The predicted octanol–water partition coefficient (Wildman–Crippen LogP) is 3.72. The molecule has 0 aromatic heterocycles. The predicted molar refractivity (Wildman–Crippen MR) is 79.2 cm³/mol. The Morgan fingerprint density at radius 1 is 1.14 bits per heavy atom. The highest BCUT2D eigenvalue weighted by Crippen LogP contribution is 2.31. The van der Waals surface area contributed by atoms with Gasteiger partial charge >= 0.3 is 0 Å². The molecule has 0 saturated carbocycles. The maximum atomic E-state index is 14.3. The summed E-state index contributed by atoms with van der Waals surface area (Å²) in [6.07, 6.45) is 1.06. The molecule has 1 aromatic rings. The third kappa shape index (κ3) is 3.03. The van der Waals surface area contributed by atoms with Gasteiger partial charge < -0.3 is 4.90 Å². The molecule has 118 valence electrons. The first-order valence-corrected chi connectivity index (χ1v) is 7.42. The fraction of sp³-hybridized carbons (Fsp3) is 0.625. The van der Waals surface area contributed by atoms with Gasteiger partial charge in [-0.05, 0) is 33.7 Å². The van der Waals surface area contributed by atoms with E-state index in [-0.39, 0.29) is 16.8 Å². The molecule has 1 aliphatic rings. The van der Waals surface area contributed by atoms with Crippen molar-refractivity contribution in [3.05, 3.63) is 29.1 Å². The van der Waals surface area contributed by atoms with Gasteiger partial charge in [0, 0.05) is 36.8 Å². The minimum absolute atomic E-state index is 0.126. The van der Waals surface area contributed by atoms with Crippen LogP contribution >= 0.6 is 0 Å². The third-order valence-corrected chi connectivity index (χ3v) is 4.26. The van der Waals surface area contributed by atoms with E-state index in [2.05, 4.69) is 25.7 Å². The van der Waals surface area contributed by atoms with Crippen LogP contribution in [0.15, 0.2) is 6.07 Å². The van der Waals surface area contributed by atoms with E-state index in [0.717, 1.165) is 25.6 Å². The van der Waals surface area contributed by atoms with Crippen LogP contribution in [0, 0.1) is 24.4 Å². The highest BCUT2D eigenvalue weighted by Gasteiger charge is 2.34. The van der Waals surface area contributed by atoms with Crippen molar-refractivity contribution in [2.24, 2.45) is 0 Å². The molecular formula is C16H23F3N2. The lowest BCUT2D eigenvalue weighted by Crippen LogP contribution is -2.59. The standard InChI is InChI=1S/C16H23F3N2/c1-5-6-21-8-7-20(10-16(21,3)4)13-9-12(17)14(18)11(2)15(13)19/h9H,5-8,10H2,1-4H3. The molecule has 2 rings (SSSR count). The Hall–Kier alpha value is -1.23. The van der Waals surface area contributed by atoms with Crippen LogP contribution in [0.1, 0.15) is 32.8 Å². The minimum atomic E-state index is -1.10. The molecule has 0 aliphatic carbocycles. The van der Waals surface area contributed by atoms with Crippen LogP contribution in [0.2, 0.25) is 0 Å². The monoisotopic (exact) mass is 300 g/mol. The zero-order valence-electron chi connectivity index (χ0n) is 13.1. The van der Waals surface area contributed by atoms with Gasteiger partial charge in [-0.25, -0.2) is 13.2 Å². The first-order chi connectivity index (χ1) is 9.77. The van der Waals surface area contributed by atoms with E-state index in [0.29, 0.717) is 13.1 Å². The third-order valence-electron chi connectivity index (χ3n) is 4.26. The average molecular weight is 300 g/mol. The summed E-state index contributed by atoms with van der Waals surface area (Å²) in [5, 5.41) is 0. The Bertz CT molecular complexity index is 529. The number of hydrogen-bond acceptors (Lipinski definition) is 2. The number of hydrogen-bond donors (Lipinski definition) is 0. The van der Waals surface area contributed by atoms with Crippen LogP contribution in [-0.2, 0) is 0 Å². The van der Waals surface area contributed by atoms with Gasteiger partial charge in [-0.2, -0.15) is 0 Å². The first-order valence-electron chi connectivity index (χ1n) is 7.42. The van der Waals surface area contributed by atoms with Crippen LogP contribution in [0.5, 0.6) is 0 Å². The Labute approximate surface area is 124 Å². The highest BCUT2D eigenvalue weighted by atomic mass is 19.2. The summed E-state index contributed by atoms with van der Waals surface area (Å²) in [6, 6.07) is 0.975. The Balaban J connectivity index is 2.29. The van der Waals surface area contributed by atoms with E-state index in [9.17, 15) is 13.2 Å². The minimum Gasteiger partial charge on any atom is -0.366 e. The highest BCUT2D eigenvalue weighted by molar-refractivity contribution is 5.52. The fourth-order valence-corrected chi connectivity index (χ4v) is 3.02. The molecule has 0 spiro atoms. The van der Waals surface area contributed by atoms with E-state index in [1.807, 2.05) is 4.90 Å². The molecule has 1 aliphatic heterocycles. The van der Waals surface area contributed by atoms with Crippen LogP contribution < -0.4 is 4.90 Å². The zero-order valence-corrected chi connectivity index (χ0v) is 13.1. The topological polar surface area (TPSA) is 6.48 Å². The summed E-state index contributed by atoms with van der Waals surface area (Å²) in [4.78, 5) is 4.17. The maximum Gasteiger partial charge on any atom is 0.164 e. The lowest BCUT2D eigenvalue weighted by Gasteiger charge is -2.48. The molecule has 0 N–H and O–H groups in total. The summed E-state index contributed by atoms with van der Waals surface area (Å²) >= 11 is 0. The summed E-state index contributed by atoms with van der Waals surface area (Å²) in [5.41, 5.74) is -0.214. The lowest BCUT2D eigenvalue weighted by atomic mass is 9.97. The Kier molecular flexibility index (Phi) is 4.51. The normalized spacial score (nSPS) is 19.1. The van der Waals surface area contributed by atoms with Crippen molar-refractivity contribution in [1.82, 2.24) is 4.90 Å². The Morgan fingerprint density at radius 3 is 2.38 bits per heavy atom. The van der Waals surface area contributed by atoms with Gasteiger partial charge in [0.2, 0.25) is 0 Å². The fourth-order valence-electron chi connectivity index (χ4n) is 3.02. The molecule has 2 nitrogen and oxygen atoms in total. The second-order valence-corrected chi connectivity index (χ2v) is 6.35. The van der Waals surface area contributed by atoms with Crippen LogP contribution in [0.4, 0.5) is 18.9 Å². The Morgan fingerprint density at radius 2 is 1.81 bits per heavy atom. The number of piperazine rings is 1. The number of rotatable bonds is 3. The molecule has 0 radical (unpaired) electrons. The van der Waals surface area contributed by atoms with Crippen LogP contribution in [-0.4, -0.2) is 36.6 Å². The van der Waals surface area contributed by atoms with Gasteiger partial charge in [0.25, 0.3) is 0 Å². The molecule has 21 heavy (non-hydrogen) atoms. The smallest absolute Gasteiger partial charge is 0.164 e. The second-order valence-electron chi connectivity index (χ2n) is 6.35. The maximum absolute atomic E-state index is 14.3. The quantitative estimate of drug-likeness (QED) is 0.785. The van der Waals surface area contributed by atoms with Crippen LogP contribution in [0.25, 0.3) is 0 Å². The van der Waals surface area contributed by atoms with E-state index in [1.165, 1.54) is 6.92 Å². The SMILES string of the molecule is CCCN1CCN(c2cc(F)c(F)c(C)c2F)CC1(C)C. The number of anilines is 1. The van der Waals surface area contributed by atoms with Crippen molar-refractivity contribution in [2.45, 2.75) is 39.7 Å². The van der Waals surface area contributed by atoms with E-state index in [1.54, 1.807) is 0 Å². The summed E-state index contributed by atoms with van der Waals surface area (Å²) < 4.78 is 41.3. The van der Waals surface area contributed by atoms with Crippen molar-refractivity contribution in [3.8, 4) is 0 Å². The lowest BCUT2D eigenvalue weighted by molar-refractivity contribution is 0.104. The first kappa shape index (κ1) is 16.1. The van der Waals surface area contributed by atoms with Gasteiger partial charge in [0.05, 0.1) is 5.69 Å². The summed E-state index contributed by atoms with van der Waals surface area (Å²) in [5.74, 6) is -2.74. The molecule has 0 amide bonds. The molecule has 1 fully saturated rings. The molecule has 0 atom stereocenters.